The summed E-state index contributed by atoms with van der Waals surface area (Å²) in [5.41, 5.74) is -0.783. The summed E-state index contributed by atoms with van der Waals surface area (Å²) in [6.07, 6.45) is 1.31. The van der Waals surface area contributed by atoms with E-state index in [-0.39, 0.29) is 23.8 Å². The van der Waals surface area contributed by atoms with Gasteiger partial charge in [-0.3, -0.25) is 9.89 Å². The average Bonchev–Trinajstić information content (AvgIpc) is 2.85. The van der Waals surface area contributed by atoms with E-state index in [9.17, 15) is 9.90 Å². The van der Waals surface area contributed by atoms with E-state index in [2.05, 4.69) is 20.5 Å². The molecule has 0 aromatic carbocycles. The fourth-order valence-electron chi connectivity index (χ4n) is 1.69. The number of hydrogen-bond acceptors (Lipinski definition) is 4. The first-order valence-corrected chi connectivity index (χ1v) is 6.64. The quantitative estimate of drug-likeness (QED) is 0.752. The summed E-state index contributed by atoms with van der Waals surface area (Å²) in [5.74, 6) is 0.425. The minimum atomic E-state index is -0.598. The van der Waals surface area contributed by atoms with Crippen LogP contribution < -0.4 is 5.32 Å². The third kappa shape index (κ3) is 3.53. The number of nitrogens with one attached hydrogen (secondary N) is 2. The zero-order valence-electron chi connectivity index (χ0n) is 12.4. The van der Waals surface area contributed by atoms with Crippen molar-refractivity contribution in [2.45, 2.75) is 58.4 Å². The molecule has 0 bridgehead atoms. The highest BCUT2D eigenvalue weighted by Gasteiger charge is 2.29. The first-order valence-electron chi connectivity index (χ1n) is 6.64. The van der Waals surface area contributed by atoms with Gasteiger partial charge in [-0.05, 0) is 12.8 Å². The van der Waals surface area contributed by atoms with Crippen molar-refractivity contribution in [2.75, 3.05) is 6.61 Å². The second-order valence-corrected chi connectivity index (χ2v) is 5.86. The van der Waals surface area contributed by atoms with E-state index in [0.717, 1.165) is 0 Å². The van der Waals surface area contributed by atoms with Crippen LogP contribution in [-0.4, -0.2) is 38.3 Å². The molecule has 0 atom stereocenters. The Hall–Kier alpha value is -1.43. The van der Waals surface area contributed by atoms with E-state index in [0.29, 0.717) is 18.7 Å². The van der Waals surface area contributed by atoms with Crippen molar-refractivity contribution in [1.29, 1.82) is 0 Å². The Bertz CT molecular complexity index is 422. The topological polar surface area (TPSA) is 90.9 Å². The Labute approximate surface area is 114 Å². The summed E-state index contributed by atoms with van der Waals surface area (Å²) in [5, 5.41) is 19.0. The van der Waals surface area contributed by atoms with Crippen molar-refractivity contribution in [3.05, 3.63) is 11.6 Å². The molecule has 1 aromatic rings. The SMILES string of the molecule is CCC(CC)(CO)NC(=O)c1n[nH]c(C(C)(C)C)n1. The maximum absolute atomic E-state index is 12.1. The van der Waals surface area contributed by atoms with Gasteiger partial charge in [-0.1, -0.05) is 34.6 Å². The Morgan fingerprint density at radius 3 is 2.26 bits per heavy atom. The fourth-order valence-corrected chi connectivity index (χ4v) is 1.69. The third-order valence-electron chi connectivity index (χ3n) is 3.43. The number of nitrogens with zero attached hydrogens (tertiary/aromatic N) is 2. The average molecular weight is 268 g/mol. The van der Waals surface area contributed by atoms with Gasteiger partial charge >= 0.3 is 0 Å². The molecule has 108 valence electrons. The van der Waals surface area contributed by atoms with E-state index in [1.807, 2.05) is 34.6 Å². The number of carbonyl (C=O) groups excluding carboxylic acids is 1. The Morgan fingerprint density at radius 2 is 1.89 bits per heavy atom. The lowest BCUT2D eigenvalue weighted by Gasteiger charge is -2.30. The molecule has 0 aliphatic heterocycles. The highest BCUT2D eigenvalue weighted by Crippen LogP contribution is 2.18. The predicted molar refractivity (Wildman–Crippen MR) is 72.9 cm³/mol. The van der Waals surface area contributed by atoms with Crippen LogP contribution in [0.4, 0.5) is 0 Å². The molecule has 3 N–H and O–H groups in total. The zero-order valence-corrected chi connectivity index (χ0v) is 12.4. The first-order chi connectivity index (χ1) is 8.78. The van der Waals surface area contributed by atoms with Crippen molar-refractivity contribution in [3.63, 3.8) is 0 Å². The maximum atomic E-state index is 12.1. The summed E-state index contributed by atoms with van der Waals surface area (Å²) in [6.45, 7) is 9.74. The molecule has 0 saturated carbocycles. The number of rotatable bonds is 5. The van der Waals surface area contributed by atoms with Crippen molar-refractivity contribution in [2.24, 2.45) is 0 Å². The molecule has 0 spiro atoms. The van der Waals surface area contributed by atoms with Gasteiger partial charge in [0.05, 0.1) is 12.1 Å². The van der Waals surface area contributed by atoms with Crippen LogP contribution in [-0.2, 0) is 5.41 Å². The first kappa shape index (κ1) is 15.6. The van der Waals surface area contributed by atoms with Gasteiger partial charge in [0.2, 0.25) is 5.82 Å². The molecule has 0 radical (unpaired) electrons. The Morgan fingerprint density at radius 1 is 1.32 bits per heavy atom. The molecule has 19 heavy (non-hydrogen) atoms. The van der Waals surface area contributed by atoms with Gasteiger partial charge in [0.15, 0.2) is 0 Å². The highest BCUT2D eigenvalue weighted by molar-refractivity contribution is 5.90. The standard InChI is InChI=1S/C13H24N4O2/c1-6-13(7-2,8-18)15-10(19)9-14-11(17-16-9)12(3,4)5/h18H,6-8H2,1-5H3,(H,15,19)(H,14,16,17). The lowest BCUT2D eigenvalue weighted by atomic mass is 9.94. The Balaban J connectivity index is 2.87. The van der Waals surface area contributed by atoms with Gasteiger partial charge in [-0.25, -0.2) is 4.98 Å². The molecule has 0 aliphatic carbocycles. The fraction of sp³-hybridized carbons (Fsp3) is 0.769. The number of H-pyrrole nitrogens is 1. The van der Waals surface area contributed by atoms with Crippen LogP contribution in [0.2, 0.25) is 0 Å². The van der Waals surface area contributed by atoms with E-state index in [1.165, 1.54) is 0 Å². The summed E-state index contributed by atoms with van der Waals surface area (Å²) < 4.78 is 0. The molecular formula is C13H24N4O2. The molecule has 1 aromatic heterocycles. The maximum Gasteiger partial charge on any atom is 0.291 e. The van der Waals surface area contributed by atoms with Crippen LogP contribution in [0, 0.1) is 0 Å². The minimum absolute atomic E-state index is 0.0949. The number of aliphatic hydroxyl groups is 1. The third-order valence-corrected chi connectivity index (χ3v) is 3.43. The van der Waals surface area contributed by atoms with Crippen LogP contribution in [0.1, 0.15) is 63.9 Å². The number of aliphatic hydroxyl groups excluding tert-OH is 1. The summed E-state index contributed by atoms with van der Waals surface area (Å²) >= 11 is 0. The highest BCUT2D eigenvalue weighted by atomic mass is 16.3. The molecule has 0 fully saturated rings. The largest absolute Gasteiger partial charge is 0.394 e. The van der Waals surface area contributed by atoms with Crippen molar-refractivity contribution < 1.29 is 9.90 Å². The number of amides is 1. The second-order valence-electron chi connectivity index (χ2n) is 5.86. The Kier molecular flexibility index (Phi) is 4.68. The number of aromatic amines is 1. The van der Waals surface area contributed by atoms with Crippen LogP contribution in [0.3, 0.4) is 0 Å². The lowest BCUT2D eigenvalue weighted by Crippen LogP contribution is -2.50. The molecule has 0 unspecified atom stereocenters. The minimum Gasteiger partial charge on any atom is -0.394 e. The predicted octanol–water partition coefficient (Wildman–Crippen LogP) is 1.38. The van der Waals surface area contributed by atoms with Crippen LogP contribution in [0.15, 0.2) is 0 Å². The van der Waals surface area contributed by atoms with Crippen molar-refractivity contribution in [1.82, 2.24) is 20.5 Å². The van der Waals surface area contributed by atoms with Crippen molar-refractivity contribution >= 4 is 5.91 Å². The molecule has 6 heteroatoms. The monoisotopic (exact) mass is 268 g/mol. The van der Waals surface area contributed by atoms with Gasteiger partial charge in [0, 0.05) is 5.41 Å². The number of carbonyl (C=O) groups is 1. The molecule has 1 rings (SSSR count). The van der Waals surface area contributed by atoms with Gasteiger partial charge in [-0.15, -0.1) is 5.10 Å². The zero-order chi connectivity index (χ0) is 14.7. The van der Waals surface area contributed by atoms with Gasteiger partial charge in [-0.2, -0.15) is 0 Å². The summed E-state index contributed by atoms with van der Waals surface area (Å²) in [6, 6.07) is 0. The van der Waals surface area contributed by atoms with E-state index in [4.69, 9.17) is 0 Å². The smallest absolute Gasteiger partial charge is 0.291 e. The van der Waals surface area contributed by atoms with Crippen LogP contribution in [0.25, 0.3) is 0 Å². The van der Waals surface area contributed by atoms with E-state index < -0.39 is 5.54 Å². The normalized spacial score (nSPS) is 12.5. The molecule has 6 nitrogen and oxygen atoms in total. The number of hydrogen-bond donors (Lipinski definition) is 3. The van der Waals surface area contributed by atoms with Crippen molar-refractivity contribution in [3.8, 4) is 0 Å². The summed E-state index contributed by atoms with van der Waals surface area (Å²) in [7, 11) is 0. The number of aromatic nitrogens is 3. The van der Waals surface area contributed by atoms with Gasteiger partial charge < -0.3 is 10.4 Å². The second kappa shape index (κ2) is 5.69. The molecule has 0 saturated heterocycles. The summed E-state index contributed by atoms with van der Waals surface area (Å²) in [4.78, 5) is 16.3. The van der Waals surface area contributed by atoms with Crippen LogP contribution in [0.5, 0.6) is 0 Å². The van der Waals surface area contributed by atoms with Gasteiger partial charge in [0.1, 0.15) is 5.82 Å². The molecule has 1 heterocycles. The lowest BCUT2D eigenvalue weighted by molar-refractivity contribution is 0.0807. The molecule has 0 aliphatic rings. The molecule has 1 amide bonds. The molecular weight excluding hydrogens is 244 g/mol. The van der Waals surface area contributed by atoms with E-state index >= 15 is 0 Å². The van der Waals surface area contributed by atoms with Crippen LogP contribution >= 0.6 is 0 Å². The van der Waals surface area contributed by atoms with Gasteiger partial charge in [0.25, 0.3) is 5.91 Å². The van der Waals surface area contributed by atoms with E-state index in [1.54, 1.807) is 0 Å².